The Labute approximate surface area is 112 Å². The van der Waals surface area contributed by atoms with Crippen LogP contribution in [0.3, 0.4) is 0 Å². The summed E-state index contributed by atoms with van der Waals surface area (Å²) in [6.07, 6.45) is 1.62. The number of likely N-dealkylation sites (N-methyl/N-ethyl adjacent to an activating group) is 1. The van der Waals surface area contributed by atoms with Gasteiger partial charge in [-0.2, -0.15) is 0 Å². The van der Waals surface area contributed by atoms with Crippen LogP contribution in [0, 0.1) is 6.92 Å². The second kappa shape index (κ2) is 5.67. The van der Waals surface area contributed by atoms with Crippen molar-refractivity contribution in [2.24, 2.45) is 0 Å². The van der Waals surface area contributed by atoms with Crippen LogP contribution in [-0.2, 0) is 4.79 Å². The molecule has 0 aliphatic heterocycles. The fourth-order valence-corrected chi connectivity index (χ4v) is 1.60. The van der Waals surface area contributed by atoms with E-state index < -0.39 is 0 Å². The van der Waals surface area contributed by atoms with Gasteiger partial charge in [0, 0.05) is 18.2 Å². The Morgan fingerprint density at radius 3 is 2.53 bits per heavy atom. The molecule has 0 saturated carbocycles. The van der Waals surface area contributed by atoms with Crippen molar-refractivity contribution in [2.75, 3.05) is 12.4 Å². The number of anilines is 1. The molecule has 0 aliphatic carbocycles. The molecule has 0 bridgehead atoms. The van der Waals surface area contributed by atoms with Crippen LogP contribution in [0.2, 0.25) is 0 Å². The van der Waals surface area contributed by atoms with Crippen molar-refractivity contribution in [3.63, 3.8) is 0 Å². The highest BCUT2D eigenvalue weighted by Crippen LogP contribution is 2.20. The normalized spacial score (nSPS) is 12.2. The molecular weight excluding hydrogens is 242 g/mol. The van der Waals surface area contributed by atoms with Gasteiger partial charge in [-0.25, -0.2) is 4.98 Å². The molecule has 0 aliphatic rings. The largest absolute Gasteiger partial charge is 0.449 e. The minimum atomic E-state index is -0.224. The number of hydrogen-bond donors (Lipinski definition) is 2. The van der Waals surface area contributed by atoms with E-state index in [9.17, 15) is 4.79 Å². The molecule has 0 saturated heterocycles. The van der Waals surface area contributed by atoms with Crippen LogP contribution in [0.5, 0.6) is 0 Å². The lowest BCUT2D eigenvalue weighted by molar-refractivity contribution is -0.117. The number of hydrogen-bond acceptors (Lipinski definition) is 4. The van der Waals surface area contributed by atoms with Gasteiger partial charge in [-0.1, -0.05) is 12.1 Å². The van der Waals surface area contributed by atoms with Crippen molar-refractivity contribution in [2.45, 2.75) is 19.9 Å². The molecule has 100 valence electrons. The van der Waals surface area contributed by atoms with Gasteiger partial charge in [0.15, 0.2) is 5.89 Å². The molecule has 1 heterocycles. The maximum Gasteiger partial charge on any atom is 0.241 e. The standard InChI is InChI=1S/C14H17N3O2/c1-9(15-3)14(18)17-12-6-4-11(5-7-12)13-8-19-10(2)16-13/h4-9,15H,1-3H3,(H,17,18). The highest BCUT2D eigenvalue weighted by atomic mass is 16.3. The molecule has 19 heavy (non-hydrogen) atoms. The molecule has 1 aromatic heterocycles. The molecule has 1 amide bonds. The predicted octanol–water partition coefficient (Wildman–Crippen LogP) is 2.20. The predicted molar refractivity (Wildman–Crippen MR) is 73.8 cm³/mol. The Bertz CT molecular complexity index is 560. The molecular formula is C14H17N3O2. The number of rotatable bonds is 4. The Balaban J connectivity index is 2.08. The van der Waals surface area contributed by atoms with Crippen molar-refractivity contribution in [3.05, 3.63) is 36.4 Å². The lowest BCUT2D eigenvalue weighted by atomic mass is 10.1. The fourth-order valence-electron chi connectivity index (χ4n) is 1.60. The van der Waals surface area contributed by atoms with E-state index >= 15 is 0 Å². The van der Waals surface area contributed by atoms with Crippen molar-refractivity contribution in [1.29, 1.82) is 0 Å². The molecule has 2 aromatic rings. The highest BCUT2D eigenvalue weighted by Gasteiger charge is 2.10. The smallest absolute Gasteiger partial charge is 0.241 e. The maximum atomic E-state index is 11.7. The molecule has 1 atom stereocenters. The van der Waals surface area contributed by atoms with E-state index in [4.69, 9.17) is 4.42 Å². The minimum Gasteiger partial charge on any atom is -0.449 e. The van der Waals surface area contributed by atoms with Gasteiger partial charge in [0.2, 0.25) is 5.91 Å². The van der Waals surface area contributed by atoms with Crippen LogP contribution in [0.1, 0.15) is 12.8 Å². The van der Waals surface area contributed by atoms with E-state index in [0.717, 1.165) is 16.9 Å². The van der Waals surface area contributed by atoms with Crippen molar-refractivity contribution >= 4 is 11.6 Å². The van der Waals surface area contributed by atoms with Gasteiger partial charge in [0.25, 0.3) is 0 Å². The Morgan fingerprint density at radius 2 is 2.00 bits per heavy atom. The molecule has 0 spiro atoms. The molecule has 2 N–H and O–H groups in total. The number of amides is 1. The van der Waals surface area contributed by atoms with Crippen LogP contribution in [0.15, 0.2) is 34.9 Å². The number of oxazole rings is 1. The van der Waals surface area contributed by atoms with Crippen LogP contribution in [-0.4, -0.2) is 24.0 Å². The zero-order valence-corrected chi connectivity index (χ0v) is 11.2. The first-order valence-electron chi connectivity index (χ1n) is 6.11. The number of aromatic nitrogens is 1. The van der Waals surface area contributed by atoms with Crippen molar-refractivity contribution in [3.8, 4) is 11.3 Å². The summed E-state index contributed by atoms with van der Waals surface area (Å²) in [5.74, 6) is 0.572. The number of nitrogens with zero attached hydrogens (tertiary/aromatic N) is 1. The number of nitrogens with one attached hydrogen (secondary N) is 2. The van der Waals surface area contributed by atoms with Gasteiger partial charge in [-0.05, 0) is 26.1 Å². The lowest BCUT2D eigenvalue weighted by Gasteiger charge is -2.11. The summed E-state index contributed by atoms with van der Waals surface area (Å²) in [4.78, 5) is 15.9. The number of carbonyl (C=O) groups is 1. The zero-order chi connectivity index (χ0) is 13.8. The Kier molecular flexibility index (Phi) is 3.97. The van der Waals surface area contributed by atoms with E-state index in [0.29, 0.717) is 5.89 Å². The minimum absolute atomic E-state index is 0.0625. The number of carbonyl (C=O) groups excluding carboxylic acids is 1. The summed E-state index contributed by atoms with van der Waals surface area (Å²) in [5.41, 5.74) is 2.51. The first-order valence-corrected chi connectivity index (χ1v) is 6.11. The van der Waals surface area contributed by atoms with Gasteiger partial charge >= 0.3 is 0 Å². The van der Waals surface area contributed by atoms with E-state index in [1.54, 1.807) is 20.2 Å². The highest BCUT2D eigenvalue weighted by molar-refractivity contribution is 5.94. The quantitative estimate of drug-likeness (QED) is 0.883. The summed E-state index contributed by atoms with van der Waals surface area (Å²) >= 11 is 0. The Morgan fingerprint density at radius 1 is 1.32 bits per heavy atom. The topological polar surface area (TPSA) is 67.2 Å². The van der Waals surface area contributed by atoms with Gasteiger partial charge in [0.05, 0.1) is 6.04 Å². The van der Waals surface area contributed by atoms with Crippen LogP contribution < -0.4 is 10.6 Å². The molecule has 0 fully saturated rings. The third kappa shape index (κ3) is 3.20. The molecule has 1 aromatic carbocycles. The van der Waals surface area contributed by atoms with E-state index in [1.807, 2.05) is 31.2 Å². The fraction of sp³-hybridized carbons (Fsp3) is 0.286. The third-order valence-electron chi connectivity index (χ3n) is 2.89. The monoisotopic (exact) mass is 259 g/mol. The van der Waals surface area contributed by atoms with E-state index in [1.165, 1.54) is 0 Å². The summed E-state index contributed by atoms with van der Waals surface area (Å²) < 4.78 is 5.17. The summed E-state index contributed by atoms with van der Waals surface area (Å²) in [7, 11) is 1.75. The van der Waals surface area contributed by atoms with Gasteiger partial charge in [-0.15, -0.1) is 0 Å². The van der Waals surface area contributed by atoms with Crippen molar-refractivity contribution in [1.82, 2.24) is 10.3 Å². The first-order chi connectivity index (χ1) is 9.10. The van der Waals surface area contributed by atoms with Gasteiger partial charge in [0.1, 0.15) is 12.0 Å². The summed E-state index contributed by atoms with van der Waals surface area (Å²) in [6, 6.07) is 7.27. The number of aryl methyl sites for hydroxylation is 1. The molecule has 2 rings (SSSR count). The van der Waals surface area contributed by atoms with Crippen LogP contribution in [0.4, 0.5) is 5.69 Å². The molecule has 5 nitrogen and oxygen atoms in total. The van der Waals surface area contributed by atoms with Crippen molar-refractivity contribution < 1.29 is 9.21 Å². The average Bonchev–Trinajstić information content (AvgIpc) is 2.85. The zero-order valence-electron chi connectivity index (χ0n) is 11.2. The van der Waals surface area contributed by atoms with Gasteiger partial charge in [-0.3, -0.25) is 4.79 Å². The van der Waals surface area contributed by atoms with Gasteiger partial charge < -0.3 is 15.1 Å². The Hall–Kier alpha value is -2.14. The van der Waals surface area contributed by atoms with Crippen LogP contribution in [0.25, 0.3) is 11.3 Å². The first kappa shape index (κ1) is 13.3. The third-order valence-corrected chi connectivity index (χ3v) is 2.89. The maximum absolute atomic E-state index is 11.7. The summed E-state index contributed by atoms with van der Waals surface area (Å²) in [6.45, 7) is 3.61. The SMILES string of the molecule is CNC(C)C(=O)Nc1ccc(-c2coc(C)n2)cc1. The number of benzene rings is 1. The second-order valence-electron chi connectivity index (χ2n) is 4.33. The lowest BCUT2D eigenvalue weighted by Crippen LogP contribution is -2.35. The molecule has 1 unspecified atom stereocenters. The average molecular weight is 259 g/mol. The molecule has 5 heteroatoms. The second-order valence-corrected chi connectivity index (χ2v) is 4.33. The molecule has 0 radical (unpaired) electrons. The van der Waals surface area contributed by atoms with E-state index in [2.05, 4.69) is 15.6 Å². The van der Waals surface area contributed by atoms with E-state index in [-0.39, 0.29) is 11.9 Å². The van der Waals surface area contributed by atoms with Crippen LogP contribution >= 0.6 is 0 Å². The summed E-state index contributed by atoms with van der Waals surface area (Å²) in [5, 5.41) is 5.72.